The summed E-state index contributed by atoms with van der Waals surface area (Å²) in [4.78, 5) is 77.9. The van der Waals surface area contributed by atoms with Crippen LogP contribution in [0.5, 0.6) is 0 Å². The Morgan fingerprint density at radius 2 is 1.67 bits per heavy atom. The number of carbonyl (C=O) groups is 6. The van der Waals surface area contributed by atoms with Gasteiger partial charge in [-0.05, 0) is 43.9 Å². The van der Waals surface area contributed by atoms with Crippen molar-refractivity contribution in [3.63, 3.8) is 0 Å². The highest BCUT2D eigenvalue weighted by atomic mass is 16.3. The summed E-state index contributed by atoms with van der Waals surface area (Å²) in [7, 11) is 0. The zero-order valence-electron chi connectivity index (χ0n) is 24.5. The van der Waals surface area contributed by atoms with Crippen LogP contribution in [0.4, 0.5) is 5.69 Å². The fourth-order valence-corrected chi connectivity index (χ4v) is 4.40. The van der Waals surface area contributed by atoms with Gasteiger partial charge in [0.2, 0.25) is 35.4 Å². The predicted molar refractivity (Wildman–Crippen MR) is 156 cm³/mol. The molecule has 1 saturated heterocycles. The summed E-state index contributed by atoms with van der Waals surface area (Å²) in [6, 6.07) is 3.72. The molecule has 0 aliphatic carbocycles. The van der Waals surface area contributed by atoms with E-state index >= 15 is 0 Å². The van der Waals surface area contributed by atoms with E-state index in [-0.39, 0.29) is 19.7 Å². The molecule has 0 radical (unpaired) electrons. The minimum Gasteiger partial charge on any atom is -0.396 e. The first-order valence-electron chi connectivity index (χ1n) is 14.3. The topological polar surface area (TPSA) is 232 Å². The van der Waals surface area contributed by atoms with Crippen LogP contribution in [0.2, 0.25) is 0 Å². The van der Waals surface area contributed by atoms with Gasteiger partial charge in [-0.15, -0.1) is 0 Å². The molecule has 15 heteroatoms. The van der Waals surface area contributed by atoms with E-state index in [0.717, 1.165) is 6.42 Å². The molecule has 1 unspecified atom stereocenters. The third-order valence-corrected chi connectivity index (χ3v) is 6.75. The van der Waals surface area contributed by atoms with Gasteiger partial charge in [0.05, 0.1) is 19.1 Å². The maximum atomic E-state index is 13.7. The van der Waals surface area contributed by atoms with Crippen molar-refractivity contribution < 1.29 is 39.0 Å². The SMILES string of the molecule is CC(C)[C@H](NC(=O)[C@H](CO)NC(=O)[C@H](CC(N)=O)NC(=O)C1CCCN1)C(=O)N(CC(=O)NCCCO)c1ccccc1. The molecule has 1 aromatic rings. The van der Waals surface area contributed by atoms with Crippen molar-refractivity contribution in [2.24, 2.45) is 11.7 Å². The highest BCUT2D eigenvalue weighted by molar-refractivity contribution is 6.04. The Morgan fingerprint density at radius 1 is 1.00 bits per heavy atom. The number of nitrogens with two attached hydrogens (primary N) is 1. The third kappa shape index (κ3) is 11.3. The molecular weight excluding hydrogens is 562 g/mol. The molecular formula is C28H43N7O8. The molecule has 6 amide bonds. The van der Waals surface area contributed by atoms with Crippen molar-refractivity contribution in [2.45, 2.75) is 63.7 Å². The molecule has 0 aromatic heterocycles. The number of rotatable bonds is 17. The molecule has 1 heterocycles. The normalized spacial score (nSPS) is 16.4. The highest BCUT2D eigenvalue weighted by Crippen LogP contribution is 2.17. The van der Waals surface area contributed by atoms with Gasteiger partial charge < -0.3 is 47.4 Å². The Morgan fingerprint density at radius 3 is 2.23 bits per heavy atom. The number of amides is 6. The van der Waals surface area contributed by atoms with Crippen LogP contribution < -0.4 is 37.2 Å². The van der Waals surface area contributed by atoms with Crippen LogP contribution >= 0.6 is 0 Å². The first-order chi connectivity index (χ1) is 20.5. The minimum atomic E-state index is -1.54. The first-order valence-corrected chi connectivity index (χ1v) is 14.3. The number of anilines is 1. The Hall–Kier alpha value is -4.08. The van der Waals surface area contributed by atoms with Crippen LogP contribution in [0.15, 0.2) is 30.3 Å². The van der Waals surface area contributed by atoms with Gasteiger partial charge in [0.1, 0.15) is 24.7 Å². The monoisotopic (exact) mass is 605 g/mol. The molecule has 15 nitrogen and oxygen atoms in total. The quantitative estimate of drug-likeness (QED) is 0.0859. The van der Waals surface area contributed by atoms with Crippen LogP contribution in [-0.4, -0.2) is 103 Å². The molecule has 1 aliphatic rings. The molecule has 1 fully saturated rings. The van der Waals surface area contributed by atoms with E-state index in [1.165, 1.54) is 4.90 Å². The molecule has 0 bridgehead atoms. The summed E-state index contributed by atoms with van der Waals surface area (Å²) in [5.74, 6) is -4.75. The van der Waals surface area contributed by atoms with Crippen LogP contribution in [0, 0.1) is 5.92 Å². The lowest BCUT2D eigenvalue weighted by atomic mass is 10.0. The Labute approximate surface area is 250 Å². The van der Waals surface area contributed by atoms with Crippen LogP contribution in [0.3, 0.4) is 0 Å². The number of primary amides is 1. The lowest BCUT2D eigenvalue weighted by Gasteiger charge is -2.31. The number of nitrogens with zero attached hydrogens (tertiary/aromatic N) is 1. The zero-order chi connectivity index (χ0) is 31.9. The van der Waals surface area contributed by atoms with E-state index in [0.29, 0.717) is 25.1 Å². The van der Waals surface area contributed by atoms with Gasteiger partial charge in [-0.3, -0.25) is 28.8 Å². The standard InChI is InChI=1S/C28H43N7O8/c1-17(2)24(28(43)35(18-8-4-3-5-9-18)15-23(39)31-12-7-13-36)34-27(42)21(16-37)33-26(41)20(14-22(29)38)32-25(40)19-10-6-11-30-19/h3-5,8-9,17,19-21,24,30,36-37H,6-7,10-16H2,1-2H3,(H2,29,38)(H,31,39)(H,32,40)(H,33,41)(H,34,42)/t19?,20-,21-,24-/m0/s1. The fourth-order valence-electron chi connectivity index (χ4n) is 4.40. The van der Waals surface area contributed by atoms with Crippen LogP contribution in [0.25, 0.3) is 0 Å². The Bertz CT molecular complexity index is 1110. The van der Waals surface area contributed by atoms with E-state index in [1.54, 1.807) is 44.2 Å². The molecule has 0 saturated carbocycles. The predicted octanol–water partition coefficient (Wildman–Crippen LogP) is -2.75. The molecule has 9 N–H and O–H groups in total. The number of aliphatic hydroxyl groups excluding tert-OH is 2. The van der Waals surface area contributed by atoms with Gasteiger partial charge in [0.25, 0.3) is 0 Å². The van der Waals surface area contributed by atoms with Gasteiger partial charge in [0.15, 0.2) is 0 Å². The van der Waals surface area contributed by atoms with Crippen molar-refractivity contribution >= 4 is 41.1 Å². The summed E-state index contributed by atoms with van der Waals surface area (Å²) >= 11 is 0. The van der Waals surface area contributed by atoms with Crippen LogP contribution in [0.1, 0.15) is 39.5 Å². The summed E-state index contributed by atoms with van der Waals surface area (Å²) in [6.45, 7) is 2.86. The number of hydrogen-bond acceptors (Lipinski definition) is 9. The average Bonchev–Trinajstić information content (AvgIpc) is 3.52. The second kappa shape index (κ2) is 17.8. The average molecular weight is 606 g/mol. The lowest BCUT2D eigenvalue weighted by Crippen LogP contribution is -2.60. The second-order valence-electron chi connectivity index (χ2n) is 10.5. The number of nitrogens with one attached hydrogen (secondary N) is 5. The van der Waals surface area contributed by atoms with E-state index in [4.69, 9.17) is 10.8 Å². The molecule has 1 aliphatic heterocycles. The molecule has 0 spiro atoms. The van der Waals surface area contributed by atoms with Crippen molar-refractivity contribution in [3.8, 4) is 0 Å². The van der Waals surface area contributed by atoms with Gasteiger partial charge in [0, 0.05) is 18.8 Å². The maximum absolute atomic E-state index is 13.7. The van der Waals surface area contributed by atoms with Gasteiger partial charge >= 0.3 is 0 Å². The van der Waals surface area contributed by atoms with E-state index < -0.39 is 78.6 Å². The van der Waals surface area contributed by atoms with Crippen LogP contribution in [-0.2, 0) is 28.8 Å². The third-order valence-electron chi connectivity index (χ3n) is 6.75. The maximum Gasteiger partial charge on any atom is 0.250 e. The Balaban J connectivity index is 2.18. The highest BCUT2D eigenvalue weighted by Gasteiger charge is 2.35. The summed E-state index contributed by atoms with van der Waals surface area (Å²) < 4.78 is 0. The molecule has 238 valence electrons. The zero-order valence-corrected chi connectivity index (χ0v) is 24.5. The van der Waals surface area contributed by atoms with Crippen molar-refractivity contribution in [3.05, 3.63) is 30.3 Å². The molecule has 1 aromatic carbocycles. The van der Waals surface area contributed by atoms with Crippen molar-refractivity contribution in [1.82, 2.24) is 26.6 Å². The van der Waals surface area contributed by atoms with E-state index in [9.17, 15) is 33.9 Å². The summed E-state index contributed by atoms with van der Waals surface area (Å²) in [6.07, 6.45) is 1.12. The summed E-state index contributed by atoms with van der Waals surface area (Å²) in [5, 5.41) is 31.8. The summed E-state index contributed by atoms with van der Waals surface area (Å²) in [5.41, 5.74) is 5.67. The van der Waals surface area contributed by atoms with Crippen molar-refractivity contribution in [2.75, 3.05) is 37.7 Å². The fraction of sp³-hybridized carbons (Fsp3) is 0.571. The minimum absolute atomic E-state index is 0.112. The number of hydrogen-bond donors (Lipinski definition) is 8. The first kappa shape index (κ1) is 35.1. The molecule has 43 heavy (non-hydrogen) atoms. The van der Waals surface area contributed by atoms with Gasteiger partial charge in [-0.25, -0.2) is 0 Å². The largest absolute Gasteiger partial charge is 0.396 e. The number of aliphatic hydroxyl groups is 2. The smallest absolute Gasteiger partial charge is 0.250 e. The number of para-hydroxylation sites is 1. The van der Waals surface area contributed by atoms with Gasteiger partial charge in [-0.2, -0.15) is 0 Å². The second-order valence-corrected chi connectivity index (χ2v) is 10.5. The van der Waals surface area contributed by atoms with E-state index in [1.807, 2.05) is 0 Å². The Kier molecular flexibility index (Phi) is 14.5. The van der Waals surface area contributed by atoms with E-state index in [2.05, 4.69) is 26.6 Å². The molecule has 2 rings (SSSR count). The number of carbonyl (C=O) groups excluding carboxylic acids is 6. The number of benzene rings is 1. The van der Waals surface area contributed by atoms with Crippen molar-refractivity contribution in [1.29, 1.82) is 0 Å². The lowest BCUT2D eigenvalue weighted by molar-refractivity contribution is -0.135. The van der Waals surface area contributed by atoms with Gasteiger partial charge in [-0.1, -0.05) is 32.0 Å². The molecule has 4 atom stereocenters.